The molecule has 0 N–H and O–H groups in total. The molecule has 0 aromatic heterocycles. The first-order valence-electron chi connectivity index (χ1n) is 13.6. The summed E-state index contributed by atoms with van der Waals surface area (Å²) in [4.78, 5) is 0. The van der Waals surface area contributed by atoms with Crippen LogP contribution in [-0.2, 0) is 0 Å². The molecule has 5 aliphatic carbocycles. The fraction of sp³-hybridized carbons (Fsp3) is 0.933. The molecule has 5 fully saturated rings. The highest BCUT2D eigenvalue weighted by atomic mass is 14.7. The van der Waals surface area contributed by atoms with Crippen LogP contribution in [0.5, 0.6) is 0 Å². The van der Waals surface area contributed by atoms with Crippen molar-refractivity contribution >= 4 is 0 Å². The van der Waals surface area contributed by atoms with Gasteiger partial charge in [-0.1, -0.05) is 60.1 Å². The maximum Gasteiger partial charge on any atom is -0.0175 e. The number of hydrogen-bond donors (Lipinski definition) is 0. The molecule has 0 heteroatoms. The van der Waals surface area contributed by atoms with Crippen molar-refractivity contribution in [1.29, 1.82) is 0 Å². The normalized spacial score (nSPS) is 57.0. The summed E-state index contributed by atoms with van der Waals surface area (Å²) >= 11 is 0. The molecule has 0 amide bonds. The van der Waals surface area contributed by atoms with E-state index in [2.05, 4.69) is 55.0 Å². The molecule has 0 aromatic carbocycles. The van der Waals surface area contributed by atoms with E-state index in [1.807, 2.05) is 0 Å². The minimum absolute atomic E-state index is 0.542. The van der Waals surface area contributed by atoms with Crippen LogP contribution in [0.25, 0.3) is 0 Å². The lowest BCUT2D eigenvalue weighted by molar-refractivity contribution is -0.240. The monoisotopic (exact) mass is 410 g/mol. The van der Waals surface area contributed by atoms with E-state index in [4.69, 9.17) is 0 Å². The molecule has 0 saturated heterocycles. The Balaban J connectivity index is 1.53. The van der Waals surface area contributed by atoms with Crippen LogP contribution < -0.4 is 0 Å². The SMILES string of the molecule is C=C(C)[C@H]1CC[C@]2(C)[C@H]3CC[C@@H]4[C@@]5(C)CCCC(C)(C)C5CC[C@@]4(C)[C@]3(C)CC[C@@H]12. The molecule has 0 bridgehead atoms. The van der Waals surface area contributed by atoms with Gasteiger partial charge in [0.2, 0.25) is 0 Å². The van der Waals surface area contributed by atoms with Gasteiger partial charge in [-0.15, -0.1) is 0 Å². The van der Waals surface area contributed by atoms with Gasteiger partial charge >= 0.3 is 0 Å². The van der Waals surface area contributed by atoms with Crippen LogP contribution in [0.1, 0.15) is 119 Å². The maximum absolute atomic E-state index is 4.43. The molecule has 0 heterocycles. The molecule has 0 radical (unpaired) electrons. The average Bonchev–Trinajstić information content (AvgIpc) is 2.99. The van der Waals surface area contributed by atoms with Crippen molar-refractivity contribution in [3.05, 3.63) is 12.2 Å². The molecule has 0 aromatic rings. The summed E-state index contributed by atoms with van der Waals surface area (Å²) in [5, 5.41) is 0. The first kappa shape index (κ1) is 21.6. The van der Waals surface area contributed by atoms with Crippen molar-refractivity contribution in [2.75, 3.05) is 0 Å². The van der Waals surface area contributed by atoms with Crippen LogP contribution in [0.3, 0.4) is 0 Å². The zero-order valence-corrected chi connectivity index (χ0v) is 21.4. The Morgan fingerprint density at radius 3 is 1.87 bits per heavy atom. The predicted molar refractivity (Wildman–Crippen MR) is 129 cm³/mol. The second kappa shape index (κ2) is 6.41. The topological polar surface area (TPSA) is 0 Å². The fourth-order valence-corrected chi connectivity index (χ4v) is 11.9. The lowest BCUT2D eigenvalue weighted by Crippen LogP contribution is -2.65. The third-order valence-electron chi connectivity index (χ3n) is 13.3. The Hall–Kier alpha value is -0.260. The summed E-state index contributed by atoms with van der Waals surface area (Å²) in [6, 6.07) is 0. The minimum atomic E-state index is 0.542. The summed E-state index contributed by atoms with van der Waals surface area (Å²) in [6.45, 7) is 23.0. The van der Waals surface area contributed by atoms with Crippen LogP contribution in [0, 0.1) is 56.7 Å². The van der Waals surface area contributed by atoms with Crippen LogP contribution in [-0.4, -0.2) is 0 Å². The van der Waals surface area contributed by atoms with Crippen molar-refractivity contribution < 1.29 is 0 Å². The van der Waals surface area contributed by atoms with Gasteiger partial charge in [0.15, 0.2) is 0 Å². The van der Waals surface area contributed by atoms with Gasteiger partial charge in [0.25, 0.3) is 0 Å². The second-order valence-corrected chi connectivity index (χ2v) is 14.6. The fourth-order valence-electron chi connectivity index (χ4n) is 11.9. The standard InChI is InChI=1S/C30H50/c1-20(2)21-12-17-27(5)22(21)13-18-29(7)24(27)10-11-25-28(6)16-9-15-26(3,4)23(28)14-19-30(25,29)8/h21-25H,1,9-19H2,2-8H3/t21-,22+,23?,24-,25-,27+,28+,29-,30-/m1/s1. The second-order valence-electron chi connectivity index (χ2n) is 14.6. The van der Waals surface area contributed by atoms with Gasteiger partial charge < -0.3 is 0 Å². The molecule has 5 rings (SSSR count). The van der Waals surface area contributed by atoms with E-state index in [1.165, 1.54) is 76.2 Å². The first-order valence-corrected chi connectivity index (χ1v) is 13.6. The number of rotatable bonds is 1. The Morgan fingerprint density at radius 2 is 1.23 bits per heavy atom. The molecule has 30 heavy (non-hydrogen) atoms. The van der Waals surface area contributed by atoms with E-state index in [-0.39, 0.29) is 0 Å². The van der Waals surface area contributed by atoms with Gasteiger partial charge in [-0.25, -0.2) is 0 Å². The highest BCUT2D eigenvalue weighted by Gasteiger charge is 2.70. The minimum Gasteiger partial charge on any atom is -0.0999 e. The molecule has 9 atom stereocenters. The Kier molecular flexibility index (Phi) is 4.61. The van der Waals surface area contributed by atoms with Crippen LogP contribution in [0.4, 0.5) is 0 Å². The van der Waals surface area contributed by atoms with Crippen molar-refractivity contribution in [3.8, 4) is 0 Å². The van der Waals surface area contributed by atoms with Gasteiger partial charge in [0.05, 0.1) is 0 Å². The summed E-state index contributed by atoms with van der Waals surface area (Å²) in [6.07, 6.45) is 16.3. The van der Waals surface area contributed by atoms with Gasteiger partial charge in [0, 0.05) is 0 Å². The van der Waals surface area contributed by atoms with Gasteiger partial charge in [0.1, 0.15) is 0 Å². The zero-order valence-electron chi connectivity index (χ0n) is 21.4. The molecular weight excluding hydrogens is 360 g/mol. The highest BCUT2D eigenvalue weighted by molar-refractivity contribution is 5.20. The smallest absolute Gasteiger partial charge is 0.0175 e. The van der Waals surface area contributed by atoms with Crippen molar-refractivity contribution in [2.24, 2.45) is 56.7 Å². The van der Waals surface area contributed by atoms with E-state index >= 15 is 0 Å². The zero-order chi connectivity index (χ0) is 21.7. The summed E-state index contributed by atoms with van der Waals surface area (Å²) < 4.78 is 0. The van der Waals surface area contributed by atoms with Crippen molar-refractivity contribution in [3.63, 3.8) is 0 Å². The number of fused-ring (bicyclic) bond motifs is 7. The van der Waals surface area contributed by atoms with E-state index in [1.54, 1.807) is 0 Å². The Labute approximate surface area is 188 Å². The Bertz CT molecular complexity index is 730. The molecule has 0 spiro atoms. The molecule has 0 aliphatic heterocycles. The maximum atomic E-state index is 4.43. The van der Waals surface area contributed by atoms with Crippen molar-refractivity contribution in [2.45, 2.75) is 119 Å². The van der Waals surface area contributed by atoms with E-state index in [0.29, 0.717) is 27.1 Å². The quantitative estimate of drug-likeness (QED) is 0.378. The lowest BCUT2D eigenvalue weighted by Gasteiger charge is -2.73. The molecule has 0 nitrogen and oxygen atoms in total. The van der Waals surface area contributed by atoms with Crippen LogP contribution >= 0.6 is 0 Å². The molecular formula is C30H50. The number of allylic oxidation sites excluding steroid dienone is 1. The van der Waals surface area contributed by atoms with E-state index in [0.717, 1.165) is 29.6 Å². The molecule has 170 valence electrons. The highest BCUT2D eigenvalue weighted by Crippen LogP contribution is 2.77. The molecule has 5 saturated carbocycles. The average molecular weight is 411 g/mol. The van der Waals surface area contributed by atoms with Crippen molar-refractivity contribution in [1.82, 2.24) is 0 Å². The third kappa shape index (κ3) is 2.46. The van der Waals surface area contributed by atoms with E-state index in [9.17, 15) is 0 Å². The van der Waals surface area contributed by atoms with Gasteiger partial charge in [-0.3, -0.25) is 0 Å². The first-order chi connectivity index (χ1) is 13.9. The predicted octanol–water partition coefficient (Wildman–Crippen LogP) is 9.05. The van der Waals surface area contributed by atoms with E-state index < -0.39 is 0 Å². The van der Waals surface area contributed by atoms with Gasteiger partial charge in [-0.2, -0.15) is 0 Å². The molecule has 5 aliphatic rings. The van der Waals surface area contributed by atoms with Gasteiger partial charge in [-0.05, 0) is 128 Å². The van der Waals surface area contributed by atoms with Crippen LogP contribution in [0.2, 0.25) is 0 Å². The Morgan fingerprint density at radius 1 is 0.633 bits per heavy atom. The number of hydrogen-bond acceptors (Lipinski definition) is 0. The van der Waals surface area contributed by atoms with Crippen LogP contribution in [0.15, 0.2) is 12.2 Å². The summed E-state index contributed by atoms with van der Waals surface area (Å²) in [7, 11) is 0. The molecule has 1 unspecified atom stereocenters. The lowest BCUT2D eigenvalue weighted by atomic mass is 9.32. The summed E-state index contributed by atoms with van der Waals surface area (Å²) in [5.41, 5.74) is 4.26. The third-order valence-corrected chi connectivity index (χ3v) is 13.3. The summed E-state index contributed by atoms with van der Waals surface area (Å²) in [5.74, 6) is 4.54. The largest absolute Gasteiger partial charge is 0.0999 e.